The monoisotopic (exact) mass is 268 g/mol. The van der Waals surface area contributed by atoms with Crippen LogP contribution in [0.25, 0.3) is 0 Å². The van der Waals surface area contributed by atoms with E-state index in [2.05, 4.69) is 0 Å². The molecule has 1 N–H and O–H groups in total. The van der Waals surface area contributed by atoms with Crippen molar-refractivity contribution >= 4 is 5.78 Å². The number of rotatable bonds is 1. The smallest absolute Gasteiger partial charge is 0.165 e. The molecule has 1 aliphatic carbocycles. The Balaban J connectivity index is 2.19. The second-order valence-corrected chi connectivity index (χ2v) is 5.30. The van der Waals surface area contributed by atoms with E-state index in [1.165, 1.54) is 0 Å². The van der Waals surface area contributed by atoms with Crippen LogP contribution in [-0.2, 0) is 10.2 Å². The third-order valence-electron chi connectivity index (χ3n) is 4.37. The zero-order valence-electron chi connectivity index (χ0n) is 10.3. The fraction of sp³-hybridized carbons (Fsp3) is 0.500. The van der Waals surface area contributed by atoms with Gasteiger partial charge in [-0.3, -0.25) is 4.79 Å². The number of halogens is 2. The van der Waals surface area contributed by atoms with Crippen LogP contribution in [0.1, 0.15) is 24.8 Å². The Morgan fingerprint density at radius 1 is 1.37 bits per heavy atom. The summed E-state index contributed by atoms with van der Waals surface area (Å²) in [5, 5.41) is 9.77. The van der Waals surface area contributed by atoms with E-state index in [9.17, 15) is 18.7 Å². The predicted octanol–water partition coefficient (Wildman–Crippen LogP) is 1.96. The van der Waals surface area contributed by atoms with E-state index in [0.717, 1.165) is 12.1 Å². The van der Waals surface area contributed by atoms with Crippen LogP contribution in [0.15, 0.2) is 12.1 Å². The third-order valence-corrected chi connectivity index (χ3v) is 4.37. The van der Waals surface area contributed by atoms with Gasteiger partial charge in [0.1, 0.15) is 11.6 Å². The lowest BCUT2D eigenvalue weighted by molar-refractivity contribution is -0.125. The molecule has 0 spiro atoms. The van der Waals surface area contributed by atoms with Crippen molar-refractivity contribution in [1.29, 1.82) is 0 Å². The molecule has 0 radical (unpaired) electrons. The van der Waals surface area contributed by atoms with Crippen LogP contribution in [0.2, 0.25) is 0 Å². The molecule has 0 bridgehead atoms. The standard InChI is InChI=1S/C14H14F2O3/c15-10-1-2-11(16)13-12(10)14(7-17)4-3-9(18)5-8(14)6-19-13/h1-2,8,17H,3-7H2. The minimum Gasteiger partial charge on any atom is -0.490 e. The van der Waals surface area contributed by atoms with Gasteiger partial charge in [0.25, 0.3) is 0 Å². The number of fused-ring (bicyclic) bond motifs is 3. The zero-order valence-corrected chi connectivity index (χ0v) is 10.3. The average Bonchev–Trinajstić information content (AvgIpc) is 2.42. The summed E-state index contributed by atoms with van der Waals surface area (Å²) in [6.45, 7) is -0.165. The molecular weight excluding hydrogens is 254 g/mol. The fourth-order valence-electron chi connectivity index (χ4n) is 3.30. The molecule has 2 aliphatic rings. The van der Waals surface area contributed by atoms with E-state index >= 15 is 0 Å². The maximum atomic E-state index is 14.1. The highest BCUT2D eigenvalue weighted by Crippen LogP contribution is 2.50. The lowest BCUT2D eigenvalue weighted by atomic mass is 9.61. The van der Waals surface area contributed by atoms with Crippen molar-refractivity contribution in [2.45, 2.75) is 24.7 Å². The Hall–Kier alpha value is -1.49. The fourth-order valence-corrected chi connectivity index (χ4v) is 3.30. The molecule has 0 aromatic heterocycles. The maximum absolute atomic E-state index is 14.1. The molecule has 1 aromatic rings. The summed E-state index contributed by atoms with van der Waals surface area (Å²) in [4.78, 5) is 11.5. The average molecular weight is 268 g/mol. The highest BCUT2D eigenvalue weighted by molar-refractivity contribution is 5.80. The van der Waals surface area contributed by atoms with Gasteiger partial charge in [-0.05, 0) is 18.6 Å². The van der Waals surface area contributed by atoms with Gasteiger partial charge in [-0.2, -0.15) is 0 Å². The first-order chi connectivity index (χ1) is 9.08. The number of ether oxygens (including phenoxy) is 1. The molecule has 1 aliphatic heterocycles. The molecule has 1 heterocycles. The Kier molecular flexibility index (Phi) is 2.82. The largest absolute Gasteiger partial charge is 0.490 e. The van der Waals surface area contributed by atoms with Crippen molar-refractivity contribution in [2.75, 3.05) is 13.2 Å². The number of aliphatic hydroxyl groups is 1. The van der Waals surface area contributed by atoms with Gasteiger partial charge in [0, 0.05) is 29.7 Å². The van der Waals surface area contributed by atoms with Crippen LogP contribution in [-0.4, -0.2) is 24.1 Å². The summed E-state index contributed by atoms with van der Waals surface area (Å²) in [6.07, 6.45) is 0.867. The molecule has 1 saturated carbocycles. The van der Waals surface area contributed by atoms with Gasteiger partial charge in [0.15, 0.2) is 11.6 Å². The Morgan fingerprint density at radius 3 is 2.84 bits per heavy atom. The minimum atomic E-state index is -0.895. The topological polar surface area (TPSA) is 46.5 Å². The highest BCUT2D eigenvalue weighted by atomic mass is 19.1. The van der Waals surface area contributed by atoms with Crippen molar-refractivity contribution in [3.8, 4) is 5.75 Å². The van der Waals surface area contributed by atoms with Crippen molar-refractivity contribution in [2.24, 2.45) is 5.92 Å². The second kappa shape index (κ2) is 4.27. The van der Waals surface area contributed by atoms with Crippen molar-refractivity contribution in [3.05, 3.63) is 29.3 Å². The lowest BCUT2D eigenvalue weighted by Gasteiger charge is -2.46. The van der Waals surface area contributed by atoms with Gasteiger partial charge >= 0.3 is 0 Å². The summed E-state index contributed by atoms with van der Waals surface area (Å²) in [7, 11) is 0. The first-order valence-corrected chi connectivity index (χ1v) is 6.32. The molecule has 102 valence electrons. The number of hydrogen-bond donors (Lipinski definition) is 1. The Labute approximate surface area is 109 Å². The summed E-state index contributed by atoms with van der Waals surface area (Å²) >= 11 is 0. The number of benzene rings is 1. The van der Waals surface area contributed by atoms with Gasteiger partial charge in [-0.15, -0.1) is 0 Å². The molecule has 1 aromatic carbocycles. The van der Waals surface area contributed by atoms with Gasteiger partial charge in [-0.25, -0.2) is 8.78 Å². The highest BCUT2D eigenvalue weighted by Gasteiger charge is 2.50. The van der Waals surface area contributed by atoms with E-state index in [-0.39, 0.29) is 49.1 Å². The predicted molar refractivity (Wildman–Crippen MR) is 63.0 cm³/mol. The molecule has 3 nitrogen and oxygen atoms in total. The number of ketones is 1. The molecule has 2 atom stereocenters. The number of carbonyl (C=O) groups is 1. The molecule has 1 fully saturated rings. The van der Waals surface area contributed by atoms with Crippen LogP contribution in [0.4, 0.5) is 8.78 Å². The SMILES string of the molecule is O=C1CCC2(CO)c3c(F)ccc(F)c3OCC2C1. The van der Waals surface area contributed by atoms with Crippen LogP contribution < -0.4 is 4.74 Å². The van der Waals surface area contributed by atoms with Gasteiger partial charge in [0.05, 0.1) is 13.2 Å². The minimum absolute atomic E-state index is 0.0814. The van der Waals surface area contributed by atoms with Gasteiger partial charge in [0.2, 0.25) is 0 Å². The van der Waals surface area contributed by atoms with E-state index < -0.39 is 17.0 Å². The van der Waals surface area contributed by atoms with Crippen LogP contribution in [0, 0.1) is 17.6 Å². The summed E-state index contributed by atoms with van der Waals surface area (Å²) in [5.74, 6) is -1.52. The van der Waals surface area contributed by atoms with Gasteiger partial charge in [-0.1, -0.05) is 0 Å². The van der Waals surface area contributed by atoms with E-state index in [1.54, 1.807) is 0 Å². The van der Waals surface area contributed by atoms with E-state index in [0.29, 0.717) is 6.42 Å². The summed E-state index contributed by atoms with van der Waals surface area (Å²) in [5.41, 5.74) is -0.799. The zero-order chi connectivity index (χ0) is 13.6. The molecule has 2 unspecified atom stereocenters. The van der Waals surface area contributed by atoms with E-state index in [1.807, 2.05) is 0 Å². The Morgan fingerprint density at radius 2 is 2.11 bits per heavy atom. The van der Waals surface area contributed by atoms with Crippen molar-refractivity contribution in [3.63, 3.8) is 0 Å². The molecule has 0 amide bonds. The second-order valence-electron chi connectivity index (χ2n) is 5.30. The molecular formula is C14H14F2O3. The van der Waals surface area contributed by atoms with Crippen molar-refractivity contribution in [1.82, 2.24) is 0 Å². The number of carbonyl (C=O) groups excluding carboxylic acids is 1. The first-order valence-electron chi connectivity index (χ1n) is 6.32. The van der Waals surface area contributed by atoms with Crippen LogP contribution >= 0.6 is 0 Å². The molecule has 3 rings (SSSR count). The Bertz CT molecular complexity index is 544. The normalized spacial score (nSPS) is 29.4. The number of Topliss-reactive ketones (excluding diaryl/α,β-unsaturated/α-hetero) is 1. The molecule has 0 saturated heterocycles. The summed E-state index contributed by atoms with van der Waals surface area (Å²) < 4.78 is 33.2. The first kappa shape index (κ1) is 12.5. The number of hydrogen-bond acceptors (Lipinski definition) is 3. The summed E-state index contributed by atoms with van der Waals surface area (Å²) in [6, 6.07) is 2.07. The van der Waals surface area contributed by atoms with Gasteiger partial charge < -0.3 is 9.84 Å². The lowest BCUT2D eigenvalue weighted by Crippen LogP contribution is -2.49. The maximum Gasteiger partial charge on any atom is 0.165 e. The third kappa shape index (κ3) is 1.68. The quantitative estimate of drug-likeness (QED) is 0.847. The number of aliphatic hydroxyl groups excluding tert-OH is 1. The molecule has 5 heteroatoms. The van der Waals surface area contributed by atoms with Crippen LogP contribution in [0.3, 0.4) is 0 Å². The van der Waals surface area contributed by atoms with E-state index in [4.69, 9.17) is 4.74 Å². The van der Waals surface area contributed by atoms with Crippen LogP contribution in [0.5, 0.6) is 5.75 Å². The van der Waals surface area contributed by atoms with Crippen molar-refractivity contribution < 1.29 is 23.4 Å². The molecule has 19 heavy (non-hydrogen) atoms.